The van der Waals surface area contributed by atoms with Gasteiger partial charge >= 0.3 is 5.97 Å². The smallest absolute Gasteiger partial charge is 0.307 e. The van der Waals surface area contributed by atoms with Gasteiger partial charge in [-0.15, -0.1) is 0 Å². The summed E-state index contributed by atoms with van der Waals surface area (Å²) in [5, 5.41) is 8.30. The Balaban J connectivity index is 2.10. The fourth-order valence-corrected chi connectivity index (χ4v) is 5.97. The van der Waals surface area contributed by atoms with E-state index < -0.39 is 26.6 Å². The molecule has 1 aromatic carbocycles. The monoisotopic (exact) mass is 302 g/mol. The van der Waals surface area contributed by atoms with Crippen molar-refractivity contribution in [2.24, 2.45) is 0 Å². The van der Waals surface area contributed by atoms with E-state index in [0.717, 1.165) is 0 Å². The molecule has 0 aliphatic carbocycles. The summed E-state index contributed by atoms with van der Waals surface area (Å²) in [4.78, 5) is 11.1. The number of rotatable bonds is 4. The van der Waals surface area contributed by atoms with E-state index in [-0.39, 0.29) is 23.2 Å². The van der Waals surface area contributed by atoms with E-state index in [0.29, 0.717) is 16.9 Å². The van der Waals surface area contributed by atoms with Crippen LogP contribution in [0.15, 0.2) is 29.2 Å². The van der Waals surface area contributed by atoms with Crippen LogP contribution in [0.3, 0.4) is 0 Å². The van der Waals surface area contributed by atoms with Gasteiger partial charge in [0.2, 0.25) is 0 Å². The molecule has 1 saturated heterocycles. The normalized spacial score (nSPS) is 23.1. The number of carbonyl (C=O) groups is 1. The van der Waals surface area contributed by atoms with Crippen molar-refractivity contribution < 1.29 is 22.5 Å². The molecule has 0 spiro atoms. The first-order valence-corrected chi connectivity index (χ1v) is 8.82. The molecule has 1 aliphatic rings. The number of hydrogen-bond acceptors (Lipinski definition) is 4. The topological polar surface area (TPSA) is 88.5 Å². The fraction of sp³-hybridized carbons (Fsp3) is 0.417. The first-order valence-electron chi connectivity index (χ1n) is 5.79. The maximum absolute atomic E-state index is 12.2. The van der Waals surface area contributed by atoms with Gasteiger partial charge in [0.15, 0.2) is 9.84 Å². The van der Waals surface area contributed by atoms with Gasteiger partial charge in [0.25, 0.3) is 0 Å². The van der Waals surface area contributed by atoms with Gasteiger partial charge in [-0.05, 0) is 24.1 Å². The van der Waals surface area contributed by atoms with Gasteiger partial charge in [0, 0.05) is 4.90 Å². The number of sulfone groups is 1. The predicted octanol–water partition coefficient (Wildman–Crippen LogP) is 0.608. The van der Waals surface area contributed by atoms with Crippen LogP contribution in [0.4, 0.5) is 0 Å². The Kier molecular flexibility index (Phi) is 4.05. The minimum atomic E-state index is -3.04. The Labute approximate surface area is 114 Å². The van der Waals surface area contributed by atoms with Crippen molar-refractivity contribution in [2.75, 3.05) is 11.5 Å². The van der Waals surface area contributed by atoms with E-state index in [9.17, 15) is 17.4 Å². The molecular formula is C12H14O5S2. The number of carboxylic acids is 1. The predicted molar refractivity (Wildman–Crippen MR) is 71.2 cm³/mol. The Morgan fingerprint density at radius 1 is 1.32 bits per heavy atom. The third-order valence-corrected chi connectivity index (χ3v) is 6.73. The van der Waals surface area contributed by atoms with Crippen molar-refractivity contribution >= 4 is 26.6 Å². The van der Waals surface area contributed by atoms with E-state index in [4.69, 9.17) is 5.11 Å². The lowest BCUT2D eigenvalue weighted by atomic mass is 10.2. The highest BCUT2D eigenvalue weighted by Gasteiger charge is 2.32. The molecule has 2 rings (SSSR count). The minimum absolute atomic E-state index is 0.0313. The highest BCUT2D eigenvalue weighted by molar-refractivity contribution is 7.94. The summed E-state index contributed by atoms with van der Waals surface area (Å²) < 4.78 is 34.9. The fourth-order valence-electron chi connectivity index (χ4n) is 2.04. The van der Waals surface area contributed by atoms with Crippen molar-refractivity contribution in [1.29, 1.82) is 0 Å². The molecule has 19 heavy (non-hydrogen) atoms. The van der Waals surface area contributed by atoms with Crippen LogP contribution in [0.5, 0.6) is 0 Å². The molecule has 1 aromatic rings. The van der Waals surface area contributed by atoms with Gasteiger partial charge in [0.1, 0.15) is 0 Å². The summed E-state index contributed by atoms with van der Waals surface area (Å²) in [7, 11) is -4.40. The summed E-state index contributed by atoms with van der Waals surface area (Å²) in [5.74, 6) is -0.854. The van der Waals surface area contributed by atoms with Crippen molar-refractivity contribution in [3.63, 3.8) is 0 Å². The van der Waals surface area contributed by atoms with Gasteiger partial charge in [0.05, 0.1) is 34.0 Å². The summed E-state index contributed by atoms with van der Waals surface area (Å²) in [5.41, 5.74) is 0.632. The van der Waals surface area contributed by atoms with E-state index >= 15 is 0 Å². The maximum Gasteiger partial charge on any atom is 0.307 e. The molecule has 104 valence electrons. The Morgan fingerprint density at radius 3 is 2.42 bits per heavy atom. The quantitative estimate of drug-likeness (QED) is 0.880. The molecular weight excluding hydrogens is 288 g/mol. The minimum Gasteiger partial charge on any atom is -0.481 e. The van der Waals surface area contributed by atoms with Crippen molar-refractivity contribution in [3.8, 4) is 0 Å². The van der Waals surface area contributed by atoms with Crippen LogP contribution in [0.1, 0.15) is 12.0 Å². The van der Waals surface area contributed by atoms with E-state index in [2.05, 4.69) is 0 Å². The summed E-state index contributed by atoms with van der Waals surface area (Å²) in [6.45, 7) is 0. The molecule has 1 aliphatic heterocycles. The highest BCUT2D eigenvalue weighted by atomic mass is 32.2. The Hall–Kier alpha value is -1.21. The summed E-state index contributed by atoms with van der Waals surface area (Å²) in [6, 6.07) is 6.45. The Morgan fingerprint density at radius 2 is 1.95 bits per heavy atom. The van der Waals surface area contributed by atoms with E-state index in [1.807, 2.05) is 0 Å². The standard InChI is InChI=1S/C12H14O5S2/c13-12(14)7-9-1-3-10(4-2-9)18(15)11-5-6-19(16,17)8-11/h1-4,11H,5-8H2,(H,13,14). The zero-order chi connectivity index (χ0) is 14.0. The second-order valence-electron chi connectivity index (χ2n) is 4.54. The van der Waals surface area contributed by atoms with Gasteiger partial charge in [-0.3, -0.25) is 9.00 Å². The number of carboxylic acid groups (broad SMARTS) is 1. The zero-order valence-corrected chi connectivity index (χ0v) is 11.7. The Bertz CT molecular complexity index is 604. The van der Waals surface area contributed by atoms with E-state index in [1.165, 1.54) is 0 Å². The van der Waals surface area contributed by atoms with Crippen molar-refractivity contribution in [1.82, 2.24) is 0 Å². The molecule has 1 heterocycles. The molecule has 1 N–H and O–H groups in total. The van der Waals surface area contributed by atoms with Crippen LogP contribution in [0.25, 0.3) is 0 Å². The third kappa shape index (κ3) is 3.63. The number of aliphatic carboxylic acids is 1. The van der Waals surface area contributed by atoms with Gasteiger partial charge < -0.3 is 5.11 Å². The average molecular weight is 302 g/mol. The second-order valence-corrected chi connectivity index (χ2v) is 8.50. The zero-order valence-electron chi connectivity index (χ0n) is 10.1. The van der Waals surface area contributed by atoms with Gasteiger partial charge in [-0.2, -0.15) is 0 Å². The lowest BCUT2D eigenvalue weighted by molar-refractivity contribution is -0.136. The molecule has 0 bridgehead atoms. The number of hydrogen-bond donors (Lipinski definition) is 1. The largest absolute Gasteiger partial charge is 0.481 e. The summed E-state index contributed by atoms with van der Waals surface area (Å²) in [6.07, 6.45) is 0.344. The van der Waals surface area contributed by atoms with Crippen LogP contribution < -0.4 is 0 Å². The first kappa shape index (κ1) is 14.2. The molecule has 1 fully saturated rings. The van der Waals surface area contributed by atoms with Crippen LogP contribution in [-0.4, -0.2) is 40.5 Å². The average Bonchev–Trinajstić information content (AvgIpc) is 2.69. The molecule has 2 unspecified atom stereocenters. The molecule has 0 amide bonds. The second kappa shape index (κ2) is 5.42. The molecule has 2 atom stereocenters. The first-order chi connectivity index (χ1) is 8.87. The van der Waals surface area contributed by atoms with Crippen LogP contribution in [0.2, 0.25) is 0 Å². The van der Waals surface area contributed by atoms with Crippen molar-refractivity contribution in [3.05, 3.63) is 29.8 Å². The highest BCUT2D eigenvalue weighted by Crippen LogP contribution is 2.22. The van der Waals surface area contributed by atoms with Crippen LogP contribution in [0, 0.1) is 0 Å². The summed E-state index contributed by atoms with van der Waals surface area (Å²) >= 11 is 0. The van der Waals surface area contributed by atoms with Gasteiger partial charge in [-0.25, -0.2) is 8.42 Å². The number of benzene rings is 1. The molecule has 0 radical (unpaired) electrons. The molecule has 7 heteroatoms. The van der Waals surface area contributed by atoms with Crippen LogP contribution >= 0.6 is 0 Å². The SMILES string of the molecule is O=C(O)Cc1ccc(S(=O)C2CCS(=O)(=O)C2)cc1. The van der Waals surface area contributed by atoms with Crippen LogP contribution in [-0.2, 0) is 31.9 Å². The lowest BCUT2D eigenvalue weighted by Gasteiger charge is -2.08. The molecule has 0 aromatic heterocycles. The van der Waals surface area contributed by atoms with Gasteiger partial charge in [-0.1, -0.05) is 12.1 Å². The molecule has 5 nitrogen and oxygen atoms in total. The third-order valence-electron chi connectivity index (χ3n) is 3.00. The lowest BCUT2D eigenvalue weighted by Crippen LogP contribution is -2.16. The molecule has 0 saturated carbocycles. The maximum atomic E-state index is 12.2. The van der Waals surface area contributed by atoms with E-state index in [1.54, 1.807) is 24.3 Å². The van der Waals surface area contributed by atoms with Crippen molar-refractivity contribution in [2.45, 2.75) is 23.0 Å².